The van der Waals surface area contributed by atoms with E-state index in [1.54, 1.807) is 21.5 Å². The molecule has 3 amide bonds. The predicted octanol–water partition coefficient (Wildman–Crippen LogP) is 2.48. The number of ether oxygens (including phenoxy) is 1. The molecule has 4 rings (SSSR count). The fourth-order valence-corrected chi connectivity index (χ4v) is 3.77. The highest BCUT2D eigenvalue weighted by atomic mass is 19.1. The molecule has 10 heteroatoms. The molecule has 32 heavy (non-hydrogen) atoms. The number of anilines is 1. The van der Waals surface area contributed by atoms with E-state index in [-0.39, 0.29) is 24.4 Å². The SMILES string of the molecule is Cc1cc(C)c2c(OCC(=O)N3CCN(C(=O)Nc4ccc(F)cc4)CC3)nn(C)c2n1. The number of urea groups is 1. The summed E-state index contributed by atoms with van der Waals surface area (Å²) in [7, 11) is 1.79. The molecule has 0 bridgehead atoms. The maximum atomic E-state index is 13.0. The van der Waals surface area contributed by atoms with E-state index in [0.717, 1.165) is 16.6 Å². The van der Waals surface area contributed by atoms with Crippen LogP contribution >= 0.6 is 0 Å². The minimum atomic E-state index is -0.363. The molecule has 3 aromatic rings. The summed E-state index contributed by atoms with van der Waals surface area (Å²) in [4.78, 5) is 32.8. The summed E-state index contributed by atoms with van der Waals surface area (Å²) < 4.78 is 20.4. The first kappa shape index (κ1) is 21.5. The number of hydrogen-bond acceptors (Lipinski definition) is 5. The van der Waals surface area contributed by atoms with Crippen molar-refractivity contribution in [3.8, 4) is 5.88 Å². The number of carbonyl (C=O) groups is 2. The Hall–Kier alpha value is -3.69. The molecule has 0 aliphatic carbocycles. The maximum Gasteiger partial charge on any atom is 0.321 e. The molecule has 1 fully saturated rings. The summed E-state index contributed by atoms with van der Waals surface area (Å²) in [6, 6.07) is 7.26. The first-order chi connectivity index (χ1) is 15.3. The smallest absolute Gasteiger partial charge is 0.321 e. The molecule has 0 spiro atoms. The van der Waals surface area contributed by atoms with Crippen molar-refractivity contribution in [3.05, 3.63) is 47.4 Å². The molecule has 2 aromatic heterocycles. The van der Waals surface area contributed by atoms with Crippen LogP contribution < -0.4 is 10.1 Å². The van der Waals surface area contributed by atoms with Gasteiger partial charge in [0, 0.05) is 44.6 Å². The lowest BCUT2D eigenvalue weighted by Gasteiger charge is -2.34. The highest BCUT2D eigenvalue weighted by molar-refractivity contribution is 5.89. The zero-order valence-electron chi connectivity index (χ0n) is 18.3. The third-order valence-electron chi connectivity index (χ3n) is 5.43. The second-order valence-electron chi connectivity index (χ2n) is 7.80. The van der Waals surface area contributed by atoms with E-state index >= 15 is 0 Å². The Morgan fingerprint density at radius 3 is 2.44 bits per heavy atom. The maximum absolute atomic E-state index is 13.0. The molecule has 0 saturated carbocycles. The minimum absolute atomic E-state index is 0.138. The Morgan fingerprint density at radius 2 is 1.75 bits per heavy atom. The van der Waals surface area contributed by atoms with Crippen molar-refractivity contribution in [2.75, 3.05) is 38.1 Å². The Bertz CT molecular complexity index is 1150. The molecule has 0 radical (unpaired) electrons. The Morgan fingerprint density at radius 1 is 1.09 bits per heavy atom. The fraction of sp³-hybridized carbons (Fsp3) is 0.364. The number of fused-ring (bicyclic) bond motifs is 1. The molecule has 0 atom stereocenters. The third kappa shape index (κ3) is 4.48. The van der Waals surface area contributed by atoms with Gasteiger partial charge in [0.2, 0.25) is 5.88 Å². The van der Waals surface area contributed by atoms with Crippen LogP contribution in [0.4, 0.5) is 14.9 Å². The minimum Gasteiger partial charge on any atom is -0.466 e. The zero-order chi connectivity index (χ0) is 22.8. The van der Waals surface area contributed by atoms with Gasteiger partial charge in [0.15, 0.2) is 12.3 Å². The van der Waals surface area contributed by atoms with E-state index in [4.69, 9.17) is 4.74 Å². The van der Waals surface area contributed by atoms with Gasteiger partial charge in [-0.25, -0.2) is 18.9 Å². The molecule has 3 heterocycles. The number of halogens is 1. The van der Waals surface area contributed by atoms with Gasteiger partial charge in [0.25, 0.3) is 5.91 Å². The topological polar surface area (TPSA) is 92.6 Å². The van der Waals surface area contributed by atoms with E-state index < -0.39 is 0 Å². The van der Waals surface area contributed by atoms with Crippen molar-refractivity contribution < 1.29 is 18.7 Å². The molecule has 1 N–H and O–H groups in total. The third-order valence-corrected chi connectivity index (χ3v) is 5.43. The van der Waals surface area contributed by atoms with Crippen molar-refractivity contribution in [2.45, 2.75) is 13.8 Å². The monoisotopic (exact) mass is 440 g/mol. The summed E-state index contributed by atoms with van der Waals surface area (Å²) in [6.07, 6.45) is 0. The molecule has 0 unspecified atom stereocenters. The van der Waals surface area contributed by atoms with Crippen LogP contribution in [0.15, 0.2) is 30.3 Å². The highest BCUT2D eigenvalue weighted by Crippen LogP contribution is 2.27. The average Bonchev–Trinajstić information content (AvgIpc) is 3.09. The van der Waals surface area contributed by atoms with E-state index in [2.05, 4.69) is 15.4 Å². The lowest BCUT2D eigenvalue weighted by molar-refractivity contribution is -0.134. The molecule has 168 valence electrons. The summed E-state index contributed by atoms with van der Waals surface area (Å²) in [5.74, 6) is -0.143. The number of carbonyl (C=O) groups excluding carboxylic acids is 2. The summed E-state index contributed by atoms with van der Waals surface area (Å²) >= 11 is 0. The Kier molecular flexibility index (Phi) is 5.93. The van der Waals surface area contributed by atoms with Gasteiger partial charge < -0.3 is 19.9 Å². The number of hydrogen-bond donors (Lipinski definition) is 1. The van der Waals surface area contributed by atoms with Crippen molar-refractivity contribution in [3.63, 3.8) is 0 Å². The van der Waals surface area contributed by atoms with Crippen LogP contribution in [-0.4, -0.2) is 69.3 Å². The second-order valence-corrected chi connectivity index (χ2v) is 7.80. The van der Waals surface area contributed by atoms with E-state index in [1.165, 1.54) is 24.3 Å². The van der Waals surface area contributed by atoms with Gasteiger partial charge in [0.05, 0.1) is 5.39 Å². The van der Waals surface area contributed by atoms with E-state index in [0.29, 0.717) is 43.4 Å². The number of aryl methyl sites for hydroxylation is 3. The normalized spacial score (nSPS) is 14.0. The van der Waals surface area contributed by atoms with Gasteiger partial charge in [-0.15, -0.1) is 5.10 Å². The molecule has 1 aromatic carbocycles. The van der Waals surface area contributed by atoms with Gasteiger partial charge in [-0.3, -0.25) is 4.79 Å². The van der Waals surface area contributed by atoms with Crippen molar-refractivity contribution in [1.29, 1.82) is 0 Å². The summed E-state index contributed by atoms with van der Waals surface area (Å²) in [5, 5.41) is 7.90. The Labute approximate surface area is 184 Å². The summed E-state index contributed by atoms with van der Waals surface area (Å²) in [6.45, 7) is 5.35. The second kappa shape index (κ2) is 8.81. The van der Waals surface area contributed by atoms with Gasteiger partial charge >= 0.3 is 6.03 Å². The average molecular weight is 440 g/mol. The zero-order valence-corrected chi connectivity index (χ0v) is 18.3. The van der Waals surface area contributed by atoms with Gasteiger partial charge in [0.1, 0.15) is 5.82 Å². The van der Waals surface area contributed by atoms with Crippen molar-refractivity contribution in [1.82, 2.24) is 24.6 Å². The number of nitrogens with zero attached hydrogens (tertiary/aromatic N) is 5. The number of amides is 3. The van der Waals surface area contributed by atoms with Crippen molar-refractivity contribution >= 4 is 28.7 Å². The number of nitrogens with one attached hydrogen (secondary N) is 1. The fourth-order valence-electron chi connectivity index (χ4n) is 3.77. The number of rotatable bonds is 4. The van der Waals surface area contributed by atoms with Crippen LogP contribution in [0.2, 0.25) is 0 Å². The van der Waals surface area contributed by atoms with Gasteiger partial charge in [-0.1, -0.05) is 0 Å². The quantitative estimate of drug-likeness (QED) is 0.673. The molecule has 9 nitrogen and oxygen atoms in total. The van der Waals surface area contributed by atoms with Crippen LogP contribution in [0.3, 0.4) is 0 Å². The van der Waals surface area contributed by atoms with Crippen LogP contribution in [0.5, 0.6) is 5.88 Å². The highest BCUT2D eigenvalue weighted by Gasteiger charge is 2.25. The van der Waals surface area contributed by atoms with Crippen LogP contribution in [0.25, 0.3) is 11.0 Å². The largest absolute Gasteiger partial charge is 0.466 e. The van der Waals surface area contributed by atoms with E-state index in [1.807, 2.05) is 19.9 Å². The number of piperazine rings is 1. The number of benzene rings is 1. The number of pyridine rings is 1. The Balaban J connectivity index is 1.31. The predicted molar refractivity (Wildman–Crippen MR) is 117 cm³/mol. The van der Waals surface area contributed by atoms with Crippen LogP contribution in [-0.2, 0) is 11.8 Å². The summed E-state index contributed by atoms with van der Waals surface area (Å²) in [5.41, 5.74) is 3.11. The van der Waals surface area contributed by atoms with Crippen molar-refractivity contribution in [2.24, 2.45) is 7.05 Å². The molecular formula is C22H25FN6O3. The van der Waals surface area contributed by atoms with Crippen LogP contribution in [0, 0.1) is 19.7 Å². The molecule has 1 saturated heterocycles. The van der Waals surface area contributed by atoms with Gasteiger partial charge in [-0.05, 0) is 49.7 Å². The number of aromatic nitrogens is 3. The first-order valence-electron chi connectivity index (χ1n) is 10.3. The first-order valence-corrected chi connectivity index (χ1v) is 10.3. The molecule has 1 aliphatic heterocycles. The lowest BCUT2D eigenvalue weighted by atomic mass is 10.2. The molecular weight excluding hydrogens is 415 g/mol. The van der Waals surface area contributed by atoms with Crippen LogP contribution in [0.1, 0.15) is 11.3 Å². The standard InChI is InChI=1S/C22H25FN6O3/c1-14-12-15(2)24-20-19(14)21(26-27(20)3)32-13-18(30)28-8-10-29(11-9-28)22(31)25-17-6-4-16(23)5-7-17/h4-7,12H,8-11,13H2,1-3H3,(H,25,31). The lowest BCUT2D eigenvalue weighted by Crippen LogP contribution is -2.52. The van der Waals surface area contributed by atoms with E-state index in [9.17, 15) is 14.0 Å². The van der Waals surface area contributed by atoms with Gasteiger partial charge in [-0.2, -0.15) is 0 Å². The molecule has 1 aliphatic rings.